The van der Waals surface area contributed by atoms with Crippen LogP contribution >= 0.6 is 0 Å². The molecule has 1 fully saturated rings. The zero-order valence-electron chi connectivity index (χ0n) is 11.2. The molecule has 1 N–H and O–H groups in total. The minimum atomic E-state index is -1.07. The molecule has 1 saturated heterocycles. The molecule has 2 heterocycles. The van der Waals surface area contributed by atoms with E-state index in [4.69, 9.17) is 14.6 Å². The quantitative estimate of drug-likeness (QED) is 0.893. The van der Waals surface area contributed by atoms with Gasteiger partial charge >= 0.3 is 0 Å². The number of ether oxygens (including phenoxy) is 2. The van der Waals surface area contributed by atoms with Crippen LogP contribution < -0.4 is 5.43 Å². The lowest BCUT2D eigenvalue weighted by molar-refractivity contribution is -0.0502. The van der Waals surface area contributed by atoms with Crippen LogP contribution in [-0.4, -0.2) is 42.3 Å². The molecular weight excluding hydrogens is 253 g/mol. The van der Waals surface area contributed by atoms with E-state index in [0.29, 0.717) is 19.6 Å². The average Bonchev–Trinajstić information content (AvgIpc) is 2.81. The van der Waals surface area contributed by atoms with E-state index in [1.54, 1.807) is 17.0 Å². The molecule has 1 aromatic rings. The average molecular weight is 273 g/mol. The van der Waals surface area contributed by atoms with Crippen molar-refractivity contribution in [2.24, 2.45) is 0 Å². The van der Waals surface area contributed by atoms with Crippen LogP contribution in [0.15, 0.2) is 29.3 Å². The maximum absolute atomic E-state index is 13.8. The normalized spacial score (nSPS) is 25.8. The molecule has 6 heteroatoms. The van der Waals surface area contributed by atoms with Gasteiger partial charge in [-0.25, -0.2) is 4.39 Å². The summed E-state index contributed by atoms with van der Waals surface area (Å²) < 4.78 is 26.1. The summed E-state index contributed by atoms with van der Waals surface area (Å²) in [4.78, 5) is 11.0. The zero-order chi connectivity index (χ0) is 14.3. The first-order valence-corrected chi connectivity index (χ1v) is 6.20. The standard InChI is InChI=1S/C12H16FNO3.CH4O/c1-2-16-8-10-7-11(13)12(17-10)14-5-3-9(15)4-6-14;1-2/h3-6,10-12H,2,7-8H2,1H3;2H,1H3/t10-,11+,12+;/m0./s1. The van der Waals surface area contributed by atoms with Crippen molar-refractivity contribution in [1.82, 2.24) is 4.57 Å². The molecule has 0 aromatic carbocycles. The Hall–Kier alpha value is -1.24. The highest BCUT2D eigenvalue weighted by atomic mass is 19.1. The predicted octanol–water partition coefficient (Wildman–Crippen LogP) is 1.12. The van der Waals surface area contributed by atoms with Crippen molar-refractivity contribution in [2.75, 3.05) is 20.3 Å². The third-order valence-corrected chi connectivity index (χ3v) is 2.75. The highest BCUT2D eigenvalue weighted by molar-refractivity contribution is 4.96. The van der Waals surface area contributed by atoms with Gasteiger partial charge in [0.1, 0.15) is 6.17 Å². The molecule has 0 spiro atoms. The number of rotatable bonds is 4. The summed E-state index contributed by atoms with van der Waals surface area (Å²) in [5.74, 6) is 0. The Morgan fingerprint density at radius 3 is 2.68 bits per heavy atom. The van der Waals surface area contributed by atoms with Crippen LogP contribution in [0.25, 0.3) is 0 Å². The summed E-state index contributed by atoms with van der Waals surface area (Å²) in [7, 11) is 1.00. The minimum Gasteiger partial charge on any atom is -0.400 e. The van der Waals surface area contributed by atoms with E-state index in [0.717, 1.165) is 7.11 Å². The number of halogens is 1. The molecule has 5 nitrogen and oxygen atoms in total. The first kappa shape index (κ1) is 15.8. The molecule has 0 bridgehead atoms. The molecule has 0 saturated carbocycles. The Balaban J connectivity index is 0.000000861. The monoisotopic (exact) mass is 273 g/mol. The van der Waals surface area contributed by atoms with E-state index in [9.17, 15) is 9.18 Å². The van der Waals surface area contributed by atoms with Crippen molar-refractivity contribution in [2.45, 2.75) is 31.8 Å². The van der Waals surface area contributed by atoms with Crippen LogP contribution in [0, 0.1) is 0 Å². The number of hydrogen-bond acceptors (Lipinski definition) is 4. The molecule has 19 heavy (non-hydrogen) atoms. The van der Waals surface area contributed by atoms with Gasteiger partial charge < -0.3 is 19.1 Å². The van der Waals surface area contributed by atoms with Crippen LogP contribution in [0.4, 0.5) is 4.39 Å². The van der Waals surface area contributed by atoms with Crippen molar-refractivity contribution in [1.29, 1.82) is 0 Å². The first-order valence-electron chi connectivity index (χ1n) is 6.20. The van der Waals surface area contributed by atoms with Gasteiger partial charge in [-0.15, -0.1) is 0 Å². The molecule has 1 aliphatic rings. The first-order chi connectivity index (χ1) is 9.20. The summed E-state index contributed by atoms with van der Waals surface area (Å²) in [6.07, 6.45) is 1.49. The minimum absolute atomic E-state index is 0.0967. The topological polar surface area (TPSA) is 60.7 Å². The largest absolute Gasteiger partial charge is 0.400 e. The number of alkyl halides is 1. The fourth-order valence-corrected chi connectivity index (χ4v) is 1.91. The Labute approximate surface area is 111 Å². The summed E-state index contributed by atoms with van der Waals surface area (Å²) in [5, 5.41) is 7.00. The smallest absolute Gasteiger partial charge is 0.181 e. The molecule has 1 aliphatic heterocycles. The third kappa shape index (κ3) is 4.41. The number of pyridine rings is 1. The fraction of sp³-hybridized carbons (Fsp3) is 0.615. The van der Waals surface area contributed by atoms with Gasteiger partial charge in [-0.3, -0.25) is 4.79 Å². The van der Waals surface area contributed by atoms with Gasteiger partial charge in [-0.2, -0.15) is 0 Å². The number of aliphatic hydroxyl groups excluding tert-OH is 1. The summed E-state index contributed by atoms with van der Waals surface area (Å²) in [6, 6.07) is 2.79. The summed E-state index contributed by atoms with van der Waals surface area (Å²) in [5.41, 5.74) is -0.0967. The van der Waals surface area contributed by atoms with Crippen LogP contribution in [-0.2, 0) is 9.47 Å². The van der Waals surface area contributed by atoms with E-state index < -0.39 is 12.4 Å². The summed E-state index contributed by atoms with van der Waals surface area (Å²) in [6.45, 7) is 2.90. The Bertz CT molecular complexity index is 403. The Morgan fingerprint density at radius 1 is 1.47 bits per heavy atom. The van der Waals surface area contributed by atoms with Gasteiger partial charge in [-0.1, -0.05) is 0 Å². The van der Waals surface area contributed by atoms with E-state index in [-0.39, 0.29) is 11.5 Å². The molecule has 0 aliphatic carbocycles. The van der Waals surface area contributed by atoms with Gasteiger partial charge in [-0.05, 0) is 6.92 Å². The number of hydrogen-bond donors (Lipinski definition) is 1. The van der Waals surface area contributed by atoms with Crippen molar-refractivity contribution in [3.8, 4) is 0 Å². The lowest BCUT2D eigenvalue weighted by Crippen LogP contribution is -2.18. The second-order valence-electron chi connectivity index (χ2n) is 4.04. The van der Waals surface area contributed by atoms with E-state index in [1.165, 1.54) is 12.1 Å². The molecule has 3 atom stereocenters. The van der Waals surface area contributed by atoms with Gasteiger partial charge in [0.15, 0.2) is 11.7 Å². The maximum atomic E-state index is 13.8. The Kier molecular flexibility index (Phi) is 6.69. The van der Waals surface area contributed by atoms with E-state index in [1.807, 2.05) is 6.92 Å². The van der Waals surface area contributed by atoms with Gasteiger partial charge in [0, 0.05) is 44.7 Å². The second kappa shape index (κ2) is 8.04. The lowest BCUT2D eigenvalue weighted by atomic mass is 10.2. The second-order valence-corrected chi connectivity index (χ2v) is 4.04. The van der Waals surface area contributed by atoms with Crippen molar-refractivity contribution >= 4 is 0 Å². The predicted molar refractivity (Wildman–Crippen MR) is 68.8 cm³/mol. The SMILES string of the molecule is CCOC[C@@H]1C[C@@H](F)[C@H](n2ccc(=O)cc2)O1.CO. The van der Waals surface area contributed by atoms with Gasteiger partial charge in [0.25, 0.3) is 0 Å². The number of aromatic nitrogens is 1. The van der Waals surface area contributed by atoms with Crippen LogP contribution in [0.2, 0.25) is 0 Å². The van der Waals surface area contributed by atoms with Gasteiger partial charge in [0.2, 0.25) is 0 Å². The van der Waals surface area contributed by atoms with Crippen LogP contribution in [0.5, 0.6) is 0 Å². The van der Waals surface area contributed by atoms with Crippen LogP contribution in [0.1, 0.15) is 19.6 Å². The number of nitrogens with zero attached hydrogens (tertiary/aromatic N) is 1. The van der Waals surface area contributed by atoms with Crippen molar-refractivity contribution in [3.05, 3.63) is 34.7 Å². The molecule has 0 radical (unpaired) electrons. The van der Waals surface area contributed by atoms with E-state index in [2.05, 4.69) is 0 Å². The molecule has 2 rings (SSSR count). The van der Waals surface area contributed by atoms with E-state index >= 15 is 0 Å². The number of aliphatic hydroxyl groups is 1. The molecule has 108 valence electrons. The maximum Gasteiger partial charge on any atom is 0.181 e. The molecule has 0 unspecified atom stereocenters. The lowest BCUT2D eigenvalue weighted by Gasteiger charge is -2.17. The Morgan fingerprint density at radius 2 is 2.11 bits per heavy atom. The third-order valence-electron chi connectivity index (χ3n) is 2.75. The highest BCUT2D eigenvalue weighted by Crippen LogP contribution is 2.31. The zero-order valence-corrected chi connectivity index (χ0v) is 11.2. The van der Waals surface area contributed by atoms with Crippen molar-refractivity contribution < 1.29 is 19.0 Å². The fourth-order valence-electron chi connectivity index (χ4n) is 1.91. The molecular formula is C13H20FNO4. The van der Waals surface area contributed by atoms with Crippen molar-refractivity contribution in [3.63, 3.8) is 0 Å². The molecule has 1 aromatic heterocycles. The van der Waals surface area contributed by atoms with Gasteiger partial charge in [0.05, 0.1) is 12.7 Å². The highest BCUT2D eigenvalue weighted by Gasteiger charge is 2.36. The molecule has 0 amide bonds. The van der Waals surface area contributed by atoms with Crippen LogP contribution in [0.3, 0.4) is 0 Å². The summed E-state index contributed by atoms with van der Waals surface area (Å²) >= 11 is 0.